The number of hydrogen-bond donors (Lipinski definition) is 2. The number of nitrogens with one attached hydrogen (secondary N) is 1. The highest BCUT2D eigenvalue weighted by atomic mass is 32.7. The maximum absolute atomic E-state index is 11.9. The summed E-state index contributed by atoms with van der Waals surface area (Å²) in [5.74, 6) is 0.626. The van der Waals surface area contributed by atoms with Gasteiger partial charge in [0.2, 0.25) is 0 Å². The SMILES string of the molecule is CCCSP(=O)(O)/N=C(/Nc1ccc(SC)cc1)SC. The van der Waals surface area contributed by atoms with Crippen molar-refractivity contribution >= 4 is 52.5 Å². The van der Waals surface area contributed by atoms with Crippen LogP contribution in [0.3, 0.4) is 0 Å². The first-order valence-electron chi connectivity index (χ1n) is 6.03. The van der Waals surface area contributed by atoms with Crippen LogP contribution >= 0.6 is 41.6 Å². The van der Waals surface area contributed by atoms with Crippen LogP contribution in [-0.4, -0.2) is 28.3 Å². The van der Waals surface area contributed by atoms with Gasteiger partial charge in [-0.15, -0.1) is 11.8 Å². The Morgan fingerprint density at radius 1 is 1.35 bits per heavy atom. The van der Waals surface area contributed by atoms with Gasteiger partial charge in [0.25, 0.3) is 0 Å². The molecule has 4 nitrogen and oxygen atoms in total. The Morgan fingerprint density at radius 2 is 2.00 bits per heavy atom. The quantitative estimate of drug-likeness (QED) is 0.333. The first kappa shape index (κ1) is 18.0. The van der Waals surface area contributed by atoms with Crippen molar-refractivity contribution in [3.8, 4) is 0 Å². The lowest BCUT2D eigenvalue weighted by Gasteiger charge is -2.10. The minimum absolute atomic E-state index is 0.455. The van der Waals surface area contributed by atoms with E-state index in [1.807, 2.05) is 43.7 Å². The number of anilines is 1. The third-order valence-corrected chi connectivity index (χ3v) is 6.86. The van der Waals surface area contributed by atoms with Crippen molar-refractivity contribution in [2.24, 2.45) is 4.76 Å². The van der Waals surface area contributed by atoms with Crippen molar-refractivity contribution in [1.82, 2.24) is 0 Å². The second kappa shape index (κ2) is 9.05. The Morgan fingerprint density at radius 3 is 2.50 bits per heavy atom. The molecule has 1 aromatic carbocycles. The van der Waals surface area contributed by atoms with Gasteiger partial charge in [0, 0.05) is 16.3 Å². The highest BCUT2D eigenvalue weighted by Gasteiger charge is 2.18. The van der Waals surface area contributed by atoms with Crippen LogP contribution in [-0.2, 0) is 4.57 Å². The van der Waals surface area contributed by atoms with Gasteiger partial charge in [0.1, 0.15) is 0 Å². The fraction of sp³-hybridized carbons (Fsp3) is 0.417. The lowest BCUT2D eigenvalue weighted by Crippen LogP contribution is -2.06. The molecule has 0 saturated heterocycles. The lowest BCUT2D eigenvalue weighted by atomic mass is 10.3. The normalized spacial score (nSPS) is 14.9. The van der Waals surface area contributed by atoms with E-state index in [0.717, 1.165) is 23.5 Å². The van der Waals surface area contributed by atoms with Crippen LogP contribution in [0.25, 0.3) is 0 Å². The summed E-state index contributed by atoms with van der Waals surface area (Å²) in [4.78, 5) is 11.0. The molecule has 0 aliphatic carbocycles. The Labute approximate surface area is 132 Å². The summed E-state index contributed by atoms with van der Waals surface area (Å²) in [6.07, 6.45) is 4.69. The second-order valence-corrected chi connectivity index (χ2v) is 9.51. The average molecular weight is 350 g/mol. The van der Waals surface area contributed by atoms with Gasteiger partial charge in [-0.3, -0.25) is 4.57 Å². The predicted molar refractivity (Wildman–Crippen MR) is 95.4 cm³/mol. The van der Waals surface area contributed by atoms with Gasteiger partial charge >= 0.3 is 6.72 Å². The topological polar surface area (TPSA) is 61.7 Å². The van der Waals surface area contributed by atoms with Crippen molar-refractivity contribution in [2.75, 3.05) is 23.6 Å². The summed E-state index contributed by atoms with van der Waals surface area (Å²) < 4.78 is 15.8. The van der Waals surface area contributed by atoms with E-state index in [1.165, 1.54) is 16.7 Å². The van der Waals surface area contributed by atoms with Gasteiger partial charge in [-0.1, -0.05) is 18.7 Å². The molecule has 1 rings (SSSR count). The molecular weight excluding hydrogens is 331 g/mol. The van der Waals surface area contributed by atoms with E-state index in [0.29, 0.717) is 10.9 Å². The fourth-order valence-corrected chi connectivity index (χ4v) is 5.15. The Kier molecular flexibility index (Phi) is 8.14. The Hall–Kier alpha value is -0.0700. The van der Waals surface area contributed by atoms with Gasteiger partial charge in [0.15, 0.2) is 5.17 Å². The van der Waals surface area contributed by atoms with Crippen molar-refractivity contribution in [3.63, 3.8) is 0 Å². The van der Waals surface area contributed by atoms with E-state index in [1.54, 1.807) is 11.8 Å². The van der Waals surface area contributed by atoms with Gasteiger partial charge in [0.05, 0.1) is 0 Å². The number of rotatable bonds is 6. The number of hydrogen-bond acceptors (Lipinski definition) is 4. The molecule has 1 unspecified atom stereocenters. The van der Waals surface area contributed by atoms with Crippen LogP contribution < -0.4 is 5.32 Å². The number of nitrogens with zero attached hydrogens (tertiary/aromatic N) is 1. The molecule has 0 bridgehead atoms. The standard InChI is InChI=1S/C12H19N2O2PS3/c1-4-9-20-17(15,16)14-12(19-3)13-10-5-7-11(18-2)8-6-10/h5-8H,4,9H2,1-3H3,(H2,13,14,15,16). The molecular formula is C12H19N2O2PS3. The summed E-state index contributed by atoms with van der Waals surface area (Å²) in [5.41, 5.74) is 0.858. The van der Waals surface area contributed by atoms with E-state index >= 15 is 0 Å². The van der Waals surface area contributed by atoms with Crippen LogP contribution in [0.15, 0.2) is 33.9 Å². The van der Waals surface area contributed by atoms with Crippen molar-refractivity contribution in [1.29, 1.82) is 0 Å². The van der Waals surface area contributed by atoms with E-state index in [2.05, 4.69) is 10.1 Å². The summed E-state index contributed by atoms with van der Waals surface area (Å²) in [6.45, 7) is -1.55. The van der Waals surface area contributed by atoms with E-state index < -0.39 is 6.72 Å². The average Bonchev–Trinajstić information content (AvgIpc) is 2.45. The fourth-order valence-electron chi connectivity index (χ4n) is 1.27. The largest absolute Gasteiger partial charge is 0.371 e. The Bertz CT molecular complexity index is 494. The molecule has 1 atom stereocenters. The molecule has 8 heteroatoms. The zero-order valence-corrected chi connectivity index (χ0v) is 15.0. The maximum atomic E-state index is 11.9. The molecule has 0 saturated carbocycles. The third kappa shape index (κ3) is 6.59. The van der Waals surface area contributed by atoms with E-state index in [9.17, 15) is 9.46 Å². The monoisotopic (exact) mass is 350 g/mol. The molecule has 2 N–H and O–H groups in total. The first-order valence-corrected chi connectivity index (χ1v) is 11.7. The molecule has 0 radical (unpaired) electrons. The number of amidine groups is 1. The van der Waals surface area contributed by atoms with Crippen molar-refractivity contribution in [2.45, 2.75) is 18.2 Å². The summed E-state index contributed by atoms with van der Waals surface area (Å²) in [6, 6.07) is 7.85. The molecule has 1 aromatic rings. The molecule has 0 amide bonds. The van der Waals surface area contributed by atoms with Crippen LogP contribution in [0, 0.1) is 0 Å². The minimum Gasteiger partial charge on any atom is -0.335 e. The van der Waals surface area contributed by atoms with Crippen molar-refractivity contribution in [3.05, 3.63) is 24.3 Å². The smallest absolute Gasteiger partial charge is 0.335 e. The molecule has 0 aromatic heterocycles. The highest BCUT2D eigenvalue weighted by molar-refractivity contribution is 8.56. The third-order valence-electron chi connectivity index (χ3n) is 2.22. The van der Waals surface area contributed by atoms with E-state index in [4.69, 9.17) is 0 Å². The minimum atomic E-state index is -3.52. The van der Waals surface area contributed by atoms with Crippen LogP contribution in [0.2, 0.25) is 0 Å². The van der Waals surface area contributed by atoms with Gasteiger partial charge in [-0.2, -0.15) is 4.76 Å². The number of benzene rings is 1. The maximum Gasteiger partial charge on any atom is 0.371 e. The molecule has 0 aliphatic heterocycles. The number of thioether (sulfide) groups is 2. The summed E-state index contributed by atoms with van der Waals surface area (Å²) in [5, 5.41) is 3.53. The molecule has 0 spiro atoms. The Balaban J connectivity index is 2.77. The zero-order valence-electron chi connectivity index (χ0n) is 11.7. The molecule has 0 heterocycles. The lowest BCUT2D eigenvalue weighted by molar-refractivity contribution is 0.499. The van der Waals surface area contributed by atoms with Gasteiger partial charge < -0.3 is 10.2 Å². The van der Waals surface area contributed by atoms with Gasteiger partial charge in [-0.25, -0.2) is 0 Å². The molecule has 20 heavy (non-hydrogen) atoms. The first-order chi connectivity index (χ1) is 9.50. The van der Waals surface area contributed by atoms with Crippen LogP contribution in [0.5, 0.6) is 0 Å². The van der Waals surface area contributed by atoms with Gasteiger partial charge in [-0.05, 0) is 54.6 Å². The molecule has 112 valence electrons. The summed E-state index contributed by atoms with van der Waals surface area (Å²) >= 11 is 4.00. The van der Waals surface area contributed by atoms with Crippen LogP contribution in [0.4, 0.5) is 5.69 Å². The summed E-state index contributed by atoms with van der Waals surface area (Å²) in [7, 11) is 0. The molecule has 0 aliphatic rings. The predicted octanol–water partition coefficient (Wildman–Crippen LogP) is 4.78. The van der Waals surface area contributed by atoms with Crippen molar-refractivity contribution < 1.29 is 9.46 Å². The zero-order chi connectivity index (χ0) is 15.0. The molecule has 0 fully saturated rings. The van der Waals surface area contributed by atoms with Crippen LogP contribution in [0.1, 0.15) is 13.3 Å². The highest BCUT2D eigenvalue weighted by Crippen LogP contribution is 2.56. The second-order valence-electron chi connectivity index (χ2n) is 3.79. The van der Waals surface area contributed by atoms with E-state index in [-0.39, 0.29) is 0 Å².